The van der Waals surface area contributed by atoms with Crippen LogP contribution < -0.4 is 11.1 Å². The minimum absolute atomic E-state index is 0.449. The number of hydrogen-bond donors (Lipinski definition) is 2. The fourth-order valence-electron chi connectivity index (χ4n) is 2.64. The van der Waals surface area contributed by atoms with E-state index in [1.54, 1.807) is 6.92 Å². The Morgan fingerprint density at radius 3 is 2.35 bits per heavy atom. The minimum atomic E-state index is -4.08. The van der Waals surface area contributed by atoms with Crippen LogP contribution in [-0.4, -0.2) is 25.3 Å². The molecule has 0 amide bonds. The van der Waals surface area contributed by atoms with Gasteiger partial charge in [-0.25, -0.2) is 0 Å². The maximum Gasteiger partial charge on any atom is 0.390 e. The fourth-order valence-corrected chi connectivity index (χ4v) is 2.64. The molecule has 1 aliphatic rings. The summed E-state index contributed by atoms with van der Waals surface area (Å²) in [5.41, 5.74) is 5.69. The molecule has 0 saturated heterocycles. The van der Waals surface area contributed by atoms with Crippen molar-refractivity contribution in [2.45, 2.75) is 51.2 Å². The summed E-state index contributed by atoms with van der Waals surface area (Å²) in [7, 11) is 0. The van der Waals surface area contributed by atoms with Gasteiger partial charge in [-0.2, -0.15) is 13.2 Å². The molecule has 5 heteroatoms. The lowest BCUT2D eigenvalue weighted by molar-refractivity contribution is -0.139. The molecule has 102 valence electrons. The van der Waals surface area contributed by atoms with E-state index in [1.165, 1.54) is 12.8 Å². The molecule has 3 N–H and O–H groups in total. The Morgan fingerprint density at radius 1 is 1.24 bits per heavy atom. The molecule has 1 aliphatic carbocycles. The molecule has 3 unspecified atom stereocenters. The summed E-state index contributed by atoms with van der Waals surface area (Å²) in [6.07, 6.45) is -0.240. The third kappa shape index (κ3) is 5.73. The molecule has 0 aromatic heterocycles. The minimum Gasteiger partial charge on any atom is -0.330 e. The van der Waals surface area contributed by atoms with Crippen LogP contribution in [0.4, 0.5) is 13.2 Å². The van der Waals surface area contributed by atoms with E-state index in [2.05, 4.69) is 5.32 Å². The molecule has 17 heavy (non-hydrogen) atoms. The molecule has 0 radical (unpaired) electrons. The van der Waals surface area contributed by atoms with Crippen LogP contribution >= 0.6 is 0 Å². The first-order valence-corrected chi connectivity index (χ1v) is 6.42. The van der Waals surface area contributed by atoms with Crippen LogP contribution in [-0.2, 0) is 0 Å². The van der Waals surface area contributed by atoms with Gasteiger partial charge in [-0.15, -0.1) is 0 Å². The summed E-state index contributed by atoms with van der Waals surface area (Å²) in [4.78, 5) is 0. The number of nitrogens with one attached hydrogen (secondary N) is 1. The van der Waals surface area contributed by atoms with Crippen LogP contribution in [0, 0.1) is 11.8 Å². The second-order valence-electron chi connectivity index (χ2n) is 5.17. The van der Waals surface area contributed by atoms with E-state index in [0.717, 1.165) is 12.8 Å². The fraction of sp³-hybridized carbons (Fsp3) is 1.00. The molecule has 1 rings (SSSR count). The third-order valence-electron chi connectivity index (χ3n) is 3.64. The second kappa shape index (κ2) is 6.59. The van der Waals surface area contributed by atoms with Crippen molar-refractivity contribution in [1.29, 1.82) is 0 Å². The highest BCUT2D eigenvalue weighted by Gasteiger charge is 2.30. The predicted molar refractivity (Wildman–Crippen MR) is 62.6 cm³/mol. The van der Waals surface area contributed by atoms with Crippen molar-refractivity contribution in [3.63, 3.8) is 0 Å². The average Bonchev–Trinajstić information content (AvgIpc) is 2.24. The van der Waals surface area contributed by atoms with Gasteiger partial charge in [0.25, 0.3) is 0 Å². The Bertz CT molecular complexity index is 218. The van der Waals surface area contributed by atoms with Gasteiger partial charge in [-0.05, 0) is 44.7 Å². The molecule has 1 saturated carbocycles. The van der Waals surface area contributed by atoms with Gasteiger partial charge >= 0.3 is 6.18 Å². The number of nitrogens with two attached hydrogens (primary N) is 1. The Hall–Kier alpha value is -0.290. The van der Waals surface area contributed by atoms with Crippen molar-refractivity contribution in [3.05, 3.63) is 0 Å². The summed E-state index contributed by atoms with van der Waals surface area (Å²) in [6, 6.07) is -0.504. The Labute approximate surface area is 101 Å². The average molecular weight is 252 g/mol. The zero-order chi connectivity index (χ0) is 12.9. The van der Waals surface area contributed by atoms with Crippen LogP contribution in [0.15, 0.2) is 0 Å². The van der Waals surface area contributed by atoms with Crippen molar-refractivity contribution in [2.24, 2.45) is 17.6 Å². The predicted octanol–water partition coefficient (Wildman–Crippen LogP) is 2.68. The summed E-state index contributed by atoms with van der Waals surface area (Å²) in [6.45, 7) is 2.91. The van der Waals surface area contributed by atoms with Gasteiger partial charge in [0.05, 0.1) is 6.42 Å². The van der Waals surface area contributed by atoms with E-state index in [0.29, 0.717) is 24.9 Å². The molecule has 2 nitrogen and oxygen atoms in total. The highest BCUT2D eigenvalue weighted by atomic mass is 19.4. The molecule has 0 aromatic rings. The SMILES string of the molecule is CC(CC(F)(F)F)NCC1CCCCC1CN. The topological polar surface area (TPSA) is 38.0 Å². The first-order chi connectivity index (χ1) is 7.92. The van der Waals surface area contributed by atoms with Gasteiger partial charge in [0.1, 0.15) is 0 Å². The molecule has 0 aromatic carbocycles. The van der Waals surface area contributed by atoms with Gasteiger partial charge in [-0.1, -0.05) is 12.8 Å². The molecule has 3 atom stereocenters. The zero-order valence-corrected chi connectivity index (χ0v) is 10.4. The smallest absolute Gasteiger partial charge is 0.330 e. The van der Waals surface area contributed by atoms with Gasteiger partial charge < -0.3 is 11.1 Å². The maximum absolute atomic E-state index is 12.2. The lowest BCUT2D eigenvalue weighted by Gasteiger charge is -2.31. The lowest BCUT2D eigenvalue weighted by atomic mass is 9.79. The second-order valence-corrected chi connectivity index (χ2v) is 5.17. The first-order valence-electron chi connectivity index (χ1n) is 6.42. The molecule has 0 aliphatic heterocycles. The largest absolute Gasteiger partial charge is 0.390 e. The monoisotopic (exact) mass is 252 g/mol. The van der Waals surface area contributed by atoms with Crippen molar-refractivity contribution >= 4 is 0 Å². The summed E-state index contributed by atoms with van der Waals surface area (Å²) in [5, 5.41) is 3.00. The normalized spacial score (nSPS) is 28.1. The van der Waals surface area contributed by atoms with Crippen LogP contribution in [0.25, 0.3) is 0 Å². The first kappa shape index (κ1) is 14.8. The quantitative estimate of drug-likeness (QED) is 0.789. The number of halogens is 3. The van der Waals surface area contributed by atoms with Crippen molar-refractivity contribution in [2.75, 3.05) is 13.1 Å². The number of rotatable bonds is 5. The zero-order valence-electron chi connectivity index (χ0n) is 10.4. The molecular weight excluding hydrogens is 229 g/mol. The standard InChI is InChI=1S/C12H23F3N2/c1-9(6-12(13,14)15)17-8-11-5-3-2-4-10(11)7-16/h9-11,17H,2-8,16H2,1H3. The van der Waals surface area contributed by atoms with E-state index in [-0.39, 0.29) is 0 Å². The highest BCUT2D eigenvalue weighted by Crippen LogP contribution is 2.29. The van der Waals surface area contributed by atoms with Crippen LogP contribution in [0.1, 0.15) is 39.0 Å². The van der Waals surface area contributed by atoms with Gasteiger partial charge in [0.2, 0.25) is 0 Å². The van der Waals surface area contributed by atoms with Gasteiger partial charge in [-0.3, -0.25) is 0 Å². The summed E-state index contributed by atoms with van der Waals surface area (Å²) < 4.78 is 36.5. The van der Waals surface area contributed by atoms with Crippen molar-refractivity contribution < 1.29 is 13.2 Å². The van der Waals surface area contributed by atoms with E-state index in [4.69, 9.17) is 5.73 Å². The molecular formula is C12H23F3N2. The molecule has 0 bridgehead atoms. The Morgan fingerprint density at radius 2 is 1.82 bits per heavy atom. The highest BCUT2D eigenvalue weighted by molar-refractivity contribution is 4.79. The number of hydrogen-bond acceptors (Lipinski definition) is 2. The van der Waals surface area contributed by atoms with E-state index in [9.17, 15) is 13.2 Å². The molecule has 0 heterocycles. The third-order valence-corrected chi connectivity index (χ3v) is 3.64. The van der Waals surface area contributed by atoms with Gasteiger partial charge in [0.15, 0.2) is 0 Å². The van der Waals surface area contributed by atoms with E-state index < -0.39 is 18.6 Å². The number of alkyl halides is 3. The lowest BCUT2D eigenvalue weighted by Crippen LogP contribution is -2.39. The van der Waals surface area contributed by atoms with E-state index in [1.807, 2.05) is 0 Å². The summed E-state index contributed by atoms with van der Waals surface area (Å²) in [5.74, 6) is 0.929. The van der Waals surface area contributed by atoms with Crippen LogP contribution in [0.3, 0.4) is 0 Å². The van der Waals surface area contributed by atoms with E-state index >= 15 is 0 Å². The van der Waals surface area contributed by atoms with Crippen LogP contribution in [0.2, 0.25) is 0 Å². The Kier molecular flexibility index (Phi) is 5.73. The Balaban J connectivity index is 2.28. The molecule has 1 fully saturated rings. The summed E-state index contributed by atoms with van der Waals surface area (Å²) >= 11 is 0. The maximum atomic E-state index is 12.2. The van der Waals surface area contributed by atoms with Gasteiger partial charge in [0, 0.05) is 6.04 Å². The van der Waals surface area contributed by atoms with Crippen LogP contribution in [0.5, 0.6) is 0 Å². The molecule has 0 spiro atoms. The van der Waals surface area contributed by atoms with Crippen molar-refractivity contribution in [3.8, 4) is 0 Å². The van der Waals surface area contributed by atoms with Crippen molar-refractivity contribution in [1.82, 2.24) is 5.32 Å².